The molecule has 0 aromatic rings. The van der Waals surface area contributed by atoms with Gasteiger partial charge in [0.1, 0.15) is 0 Å². The molecule has 2 saturated carbocycles. The molecule has 4 aliphatic rings. The molecule has 2 fully saturated rings. The first kappa shape index (κ1) is 27.1. The molecule has 0 amide bonds. The fraction of sp³-hybridized carbons (Fsp3) is 0.560. The van der Waals surface area contributed by atoms with Crippen LogP contribution in [0.15, 0.2) is 48.6 Å². The first-order chi connectivity index (χ1) is 12.4. The van der Waals surface area contributed by atoms with Gasteiger partial charge in [-0.25, -0.2) is 0 Å². The Bertz CT molecular complexity index is 395. The Labute approximate surface area is 194 Å². The molecule has 0 aliphatic heterocycles. The smallest absolute Gasteiger partial charge is 0.00506 e. The van der Waals surface area contributed by atoms with Gasteiger partial charge in [-0.05, 0) is 37.0 Å². The van der Waals surface area contributed by atoms with E-state index in [0.717, 1.165) is 11.8 Å². The van der Waals surface area contributed by atoms with Crippen LogP contribution in [0.3, 0.4) is 0 Å². The fourth-order valence-corrected chi connectivity index (χ4v) is 4.07. The molecule has 4 aliphatic carbocycles. The van der Waals surface area contributed by atoms with E-state index in [0.29, 0.717) is 0 Å². The molecule has 0 aromatic heterocycles. The van der Waals surface area contributed by atoms with Crippen LogP contribution in [0.25, 0.3) is 0 Å². The Hall–Kier alpha value is 0.133. The maximum atomic E-state index is 2.30. The second-order valence-electron chi connectivity index (χ2n) is 7.51. The van der Waals surface area contributed by atoms with Crippen LogP contribution < -0.4 is 12.4 Å². The third kappa shape index (κ3) is 12.3. The van der Waals surface area contributed by atoms with Crippen molar-refractivity contribution >= 4 is 0 Å². The molecule has 0 nitrogen and oxygen atoms in total. The van der Waals surface area contributed by atoms with Crippen LogP contribution in [0.4, 0.5) is 0 Å². The van der Waals surface area contributed by atoms with E-state index in [2.05, 4.69) is 6.92 Å². The van der Waals surface area contributed by atoms with Crippen molar-refractivity contribution in [1.82, 2.24) is 0 Å². The van der Waals surface area contributed by atoms with Crippen LogP contribution in [0.2, 0.25) is 0 Å². The number of halogens is 1. The van der Waals surface area contributed by atoms with Crippen LogP contribution in [-0.4, -0.2) is 0 Å². The third-order valence-corrected chi connectivity index (χ3v) is 5.54. The number of fused-ring (bicyclic) bond motifs is 1. The monoisotopic (exact) mass is 462 g/mol. The quantitative estimate of drug-likeness (QED) is 0.477. The van der Waals surface area contributed by atoms with E-state index < -0.39 is 0 Å². The summed E-state index contributed by atoms with van der Waals surface area (Å²) < 4.78 is 0. The minimum absolute atomic E-state index is 0. The summed E-state index contributed by atoms with van der Waals surface area (Å²) in [4.78, 5) is 0. The van der Waals surface area contributed by atoms with E-state index in [1.54, 1.807) is 0 Å². The largest absolute Gasteiger partial charge is 1.00 e. The zero-order valence-corrected chi connectivity index (χ0v) is 20.3. The first-order valence-electron chi connectivity index (χ1n) is 10.6. The normalized spacial score (nSPS) is 23.3. The molecule has 0 spiro atoms. The number of hydrogen-bond donors (Lipinski definition) is 0. The van der Waals surface area contributed by atoms with Gasteiger partial charge in [-0.2, -0.15) is 0 Å². The maximum absolute atomic E-state index is 2.30. The minimum atomic E-state index is 0. The van der Waals surface area contributed by atoms with Gasteiger partial charge in [-0.15, -0.1) is 0 Å². The minimum Gasteiger partial charge on any atom is -1.00 e. The van der Waals surface area contributed by atoms with Crippen LogP contribution >= 0.6 is 0 Å². The number of rotatable bonds is 7. The summed E-state index contributed by atoms with van der Waals surface area (Å²) in [6.07, 6.45) is 36.4. The zero-order chi connectivity index (χ0) is 17.6. The summed E-state index contributed by atoms with van der Waals surface area (Å²) in [5, 5.41) is 0. The summed E-state index contributed by atoms with van der Waals surface area (Å²) in [5.74, 6) is 4.19. The summed E-state index contributed by atoms with van der Waals surface area (Å²) in [6.45, 7) is 2.30. The van der Waals surface area contributed by atoms with Crippen molar-refractivity contribution in [3.63, 3.8) is 0 Å². The van der Waals surface area contributed by atoms with Crippen molar-refractivity contribution < 1.29 is 38.6 Å². The Balaban J connectivity index is 0.000000465. The molecule has 4 rings (SSSR count). The van der Waals surface area contributed by atoms with Gasteiger partial charge in [0.25, 0.3) is 0 Å². The second-order valence-corrected chi connectivity index (χ2v) is 7.51. The second kappa shape index (κ2) is 18.2. The van der Waals surface area contributed by atoms with E-state index >= 15 is 0 Å². The molecule has 0 unspecified atom stereocenters. The molecule has 3 radical (unpaired) electrons. The van der Waals surface area contributed by atoms with Gasteiger partial charge in [0.05, 0.1) is 0 Å². The Morgan fingerprint density at radius 3 is 1.52 bits per heavy atom. The maximum Gasteiger partial charge on any atom is 0.00506 e. The van der Waals surface area contributed by atoms with Crippen LogP contribution in [0.5, 0.6) is 0 Å². The van der Waals surface area contributed by atoms with Gasteiger partial charge in [0, 0.05) is 39.0 Å². The molecular formula is C25H37ClZr-. The van der Waals surface area contributed by atoms with E-state index in [-0.39, 0.29) is 38.6 Å². The molecule has 0 heterocycles. The standard InChI is InChI=1S/C15H27.2C5H5.ClH.Zr/c1-2-3-4-5-6-7-10-13-14-11-8-9-12-15(13)14;2*1-2-4-5-3-1;;/h14-15H,2-12H2,1H3;2*1-5H;1H;/p-1/t14-,15+;;;;. The van der Waals surface area contributed by atoms with Crippen molar-refractivity contribution in [3.05, 3.63) is 67.4 Å². The summed E-state index contributed by atoms with van der Waals surface area (Å²) in [6, 6.07) is 0. The topological polar surface area (TPSA) is 0 Å². The van der Waals surface area contributed by atoms with Crippen molar-refractivity contribution in [2.24, 2.45) is 11.8 Å². The van der Waals surface area contributed by atoms with Gasteiger partial charge < -0.3 is 12.4 Å². The van der Waals surface area contributed by atoms with E-state index in [1.165, 1.54) is 70.6 Å². The zero-order valence-electron chi connectivity index (χ0n) is 17.1. The molecule has 0 aromatic carbocycles. The Morgan fingerprint density at radius 1 is 0.667 bits per heavy atom. The van der Waals surface area contributed by atoms with Crippen molar-refractivity contribution in [3.8, 4) is 0 Å². The van der Waals surface area contributed by atoms with Crippen molar-refractivity contribution in [2.75, 3.05) is 0 Å². The summed E-state index contributed by atoms with van der Waals surface area (Å²) in [7, 11) is 0. The number of allylic oxidation sites excluding steroid dienone is 8. The summed E-state index contributed by atoms with van der Waals surface area (Å²) >= 11 is 0. The van der Waals surface area contributed by atoms with Gasteiger partial charge in [-0.1, -0.05) is 107 Å². The van der Waals surface area contributed by atoms with Gasteiger partial charge in [0.15, 0.2) is 0 Å². The predicted molar refractivity (Wildman–Crippen MR) is 112 cm³/mol. The van der Waals surface area contributed by atoms with Gasteiger partial charge in [0.2, 0.25) is 0 Å². The van der Waals surface area contributed by atoms with Gasteiger partial charge >= 0.3 is 0 Å². The molecule has 27 heavy (non-hydrogen) atoms. The van der Waals surface area contributed by atoms with Crippen molar-refractivity contribution in [1.29, 1.82) is 0 Å². The SMILES string of the molecule is CCCCCCCC[C]1[C@H]2CCCC[C@@H]12.[CH]1C=CC=C1.[CH]1C=CC=C1.[Cl-].[Zr]. The Kier molecular flexibility index (Phi) is 18.3. The average Bonchev–Trinajstić information content (AvgIpc) is 3.15. The predicted octanol–water partition coefficient (Wildman–Crippen LogP) is 4.77. The molecule has 0 bridgehead atoms. The van der Waals surface area contributed by atoms with E-state index in [9.17, 15) is 0 Å². The summed E-state index contributed by atoms with van der Waals surface area (Å²) in [5.41, 5.74) is 0. The van der Waals surface area contributed by atoms with E-state index in [4.69, 9.17) is 0 Å². The van der Waals surface area contributed by atoms with E-state index in [1.807, 2.05) is 67.4 Å². The fourth-order valence-electron chi connectivity index (χ4n) is 4.07. The van der Waals surface area contributed by atoms with Crippen molar-refractivity contribution in [2.45, 2.75) is 77.6 Å². The first-order valence-corrected chi connectivity index (χ1v) is 10.6. The van der Waals surface area contributed by atoms with Crippen LogP contribution in [0.1, 0.15) is 77.6 Å². The van der Waals surface area contributed by atoms with Crippen LogP contribution in [0, 0.1) is 30.6 Å². The molecule has 2 heteroatoms. The average molecular weight is 464 g/mol. The van der Waals surface area contributed by atoms with Gasteiger partial charge in [-0.3, -0.25) is 0 Å². The number of hydrogen-bond acceptors (Lipinski definition) is 0. The number of unbranched alkanes of at least 4 members (excludes halogenated alkanes) is 5. The molecule has 0 N–H and O–H groups in total. The molecule has 149 valence electrons. The molecule has 2 atom stereocenters. The Morgan fingerprint density at radius 2 is 1.11 bits per heavy atom. The van der Waals surface area contributed by atoms with Crippen LogP contribution in [-0.2, 0) is 26.2 Å². The third-order valence-electron chi connectivity index (χ3n) is 5.54. The molecular weight excluding hydrogens is 427 g/mol. The molecule has 0 saturated heterocycles.